The van der Waals surface area contributed by atoms with Crippen LogP contribution in [0.5, 0.6) is 0 Å². The van der Waals surface area contributed by atoms with Crippen LogP contribution >= 0.6 is 43.5 Å². The van der Waals surface area contributed by atoms with E-state index in [9.17, 15) is 0 Å². The fourth-order valence-electron chi connectivity index (χ4n) is 1.97. The van der Waals surface area contributed by atoms with E-state index in [2.05, 4.69) is 56.1 Å². The Balaban J connectivity index is 2.19. The molecule has 0 heterocycles. The molecule has 0 saturated carbocycles. The standard InChI is InChI=1S/C15H13Br2Cl/c16-10-13(12-4-2-5-14(17)9-12)7-11-3-1-6-15(18)8-11/h1-6,8-9,13H,7,10H2. The average molecular weight is 389 g/mol. The van der Waals surface area contributed by atoms with E-state index in [-0.39, 0.29) is 0 Å². The topological polar surface area (TPSA) is 0 Å². The molecule has 0 fully saturated rings. The molecule has 3 heteroatoms. The Labute approximate surface area is 130 Å². The van der Waals surface area contributed by atoms with Gasteiger partial charge in [-0.2, -0.15) is 0 Å². The van der Waals surface area contributed by atoms with Crippen molar-refractivity contribution in [3.05, 3.63) is 69.2 Å². The number of hydrogen-bond donors (Lipinski definition) is 0. The minimum Gasteiger partial charge on any atom is -0.0921 e. The summed E-state index contributed by atoms with van der Waals surface area (Å²) in [5.41, 5.74) is 2.60. The minimum atomic E-state index is 0.459. The van der Waals surface area contributed by atoms with Crippen LogP contribution < -0.4 is 0 Å². The van der Waals surface area contributed by atoms with Crippen molar-refractivity contribution in [1.29, 1.82) is 0 Å². The third-order valence-electron chi connectivity index (χ3n) is 2.88. The Morgan fingerprint density at radius 3 is 2.50 bits per heavy atom. The Morgan fingerprint density at radius 2 is 1.83 bits per heavy atom. The maximum Gasteiger partial charge on any atom is 0.0408 e. The van der Waals surface area contributed by atoms with Crippen LogP contribution in [0.15, 0.2) is 53.0 Å². The highest BCUT2D eigenvalue weighted by molar-refractivity contribution is 9.10. The van der Waals surface area contributed by atoms with Gasteiger partial charge in [-0.25, -0.2) is 0 Å². The number of benzene rings is 2. The van der Waals surface area contributed by atoms with Gasteiger partial charge in [0.2, 0.25) is 0 Å². The van der Waals surface area contributed by atoms with Gasteiger partial charge in [0.1, 0.15) is 0 Å². The number of hydrogen-bond acceptors (Lipinski definition) is 0. The van der Waals surface area contributed by atoms with Crippen molar-refractivity contribution in [2.24, 2.45) is 0 Å². The highest BCUT2D eigenvalue weighted by Gasteiger charge is 2.11. The summed E-state index contributed by atoms with van der Waals surface area (Å²) in [7, 11) is 0. The monoisotopic (exact) mass is 386 g/mol. The van der Waals surface area contributed by atoms with Crippen LogP contribution in [0.3, 0.4) is 0 Å². The lowest BCUT2D eigenvalue weighted by molar-refractivity contribution is 0.775. The molecule has 0 N–H and O–H groups in total. The maximum atomic E-state index is 6.02. The lowest BCUT2D eigenvalue weighted by Gasteiger charge is -2.15. The Bertz CT molecular complexity index is 525. The van der Waals surface area contributed by atoms with Crippen LogP contribution in [0, 0.1) is 0 Å². The molecule has 1 unspecified atom stereocenters. The van der Waals surface area contributed by atoms with Crippen LogP contribution in [-0.2, 0) is 6.42 Å². The van der Waals surface area contributed by atoms with Crippen molar-refractivity contribution >= 4 is 43.5 Å². The molecule has 18 heavy (non-hydrogen) atoms. The van der Waals surface area contributed by atoms with E-state index in [0.29, 0.717) is 5.92 Å². The maximum absolute atomic E-state index is 6.02. The molecule has 0 aliphatic carbocycles. The smallest absolute Gasteiger partial charge is 0.0408 e. The summed E-state index contributed by atoms with van der Waals surface area (Å²) in [4.78, 5) is 0. The second-order valence-corrected chi connectivity index (χ2v) is 6.24. The molecular formula is C15H13Br2Cl. The molecule has 2 rings (SSSR count). The third-order valence-corrected chi connectivity index (χ3v) is 4.39. The van der Waals surface area contributed by atoms with Gasteiger partial charge in [-0.3, -0.25) is 0 Å². The van der Waals surface area contributed by atoms with Crippen LogP contribution in [0.25, 0.3) is 0 Å². The molecule has 0 aromatic heterocycles. The summed E-state index contributed by atoms with van der Waals surface area (Å²) >= 11 is 13.1. The number of alkyl halides is 1. The van der Waals surface area contributed by atoms with Crippen LogP contribution in [-0.4, -0.2) is 5.33 Å². The minimum absolute atomic E-state index is 0.459. The highest BCUT2D eigenvalue weighted by Crippen LogP contribution is 2.26. The van der Waals surface area contributed by atoms with Crippen LogP contribution in [0.1, 0.15) is 17.0 Å². The second-order valence-electron chi connectivity index (χ2n) is 4.24. The molecule has 2 aromatic rings. The van der Waals surface area contributed by atoms with Crippen molar-refractivity contribution < 1.29 is 0 Å². The summed E-state index contributed by atoms with van der Waals surface area (Å²) in [5.74, 6) is 0.459. The first-order valence-corrected chi connectivity index (χ1v) is 8.04. The predicted octanol–water partition coefficient (Wildman–Crippen LogP) is 5.82. The fraction of sp³-hybridized carbons (Fsp3) is 0.200. The van der Waals surface area contributed by atoms with Gasteiger partial charge in [-0.1, -0.05) is 67.7 Å². The second kappa shape index (κ2) is 6.74. The predicted molar refractivity (Wildman–Crippen MR) is 85.8 cm³/mol. The summed E-state index contributed by atoms with van der Waals surface area (Å²) < 4.78 is 1.12. The molecule has 0 saturated heterocycles. The summed E-state index contributed by atoms with van der Waals surface area (Å²) in [6.45, 7) is 0. The van der Waals surface area contributed by atoms with Crippen molar-refractivity contribution in [2.75, 3.05) is 5.33 Å². The zero-order chi connectivity index (χ0) is 13.0. The lowest BCUT2D eigenvalue weighted by Crippen LogP contribution is -2.04. The van der Waals surface area contributed by atoms with E-state index in [1.807, 2.05) is 24.3 Å². The van der Waals surface area contributed by atoms with Gasteiger partial charge in [0, 0.05) is 14.8 Å². The fourth-order valence-corrected chi connectivity index (χ4v) is 3.20. The van der Waals surface area contributed by atoms with E-state index in [0.717, 1.165) is 21.2 Å². The molecule has 0 amide bonds. The van der Waals surface area contributed by atoms with Gasteiger partial charge < -0.3 is 0 Å². The molecule has 0 radical (unpaired) electrons. The van der Waals surface area contributed by atoms with E-state index < -0.39 is 0 Å². The SMILES string of the molecule is Clc1cccc(CC(CBr)c2cccc(Br)c2)c1. The molecule has 2 aromatic carbocycles. The van der Waals surface area contributed by atoms with Crippen LogP contribution in [0.4, 0.5) is 0 Å². The van der Waals surface area contributed by atoms with Crippen LogP contribution in [0.2, 0.25) is 5.02 Å². The Hall–Kier alpha value is -0.310. The molecule has 0 spiro atoms. The van der Waals surface area contributed by atoms with E-state index in [1.165, 1.54) is 11.1 Å². The molecule has 0 aliphatic heterocycles. The largest absolute Gasteiger partial charge is 0.0921 e. The lowest BCUT2D eigenvalue weighted by atomic mass is 9.94. The van der Waals surface area contributed by atoms with Gasteiger partial charge >= 0.3 is 0 Å². The van der Waals surface area contributed by atoms with E-state index in [1.54, 1.807) is 0 Å². The summed E-state index contributed by atoms with van der Waals surface area (Å²) in [6.07, 6.45) is 0.988. The average Bonchev–Trinajstić information content (AvgIpc) is 2.36. The molecule has 0 aliphatic rings. The zero-order valence-electron chi connectivity index (χ0n) is 9.74. The van der Waals surface area contributed by atoms with Gasteiger partial charge in [-0.05, 0) is 47.7 Å². The summed E-state index contributed by atoms with van der Waals surface area (Å²) in [6, 6.07) is 16.5. The summed E-state index contributed by atoms with van der Waals surface area (Å²) in [5, 5.41) is 1.74. The van der Waals surface area contributed by atoms with Gasteiger partial charge in [0.25, 0.3) is 0 Å². The molecular weight excluding hydrogens is 375 g/mol. The van der Waals surface area contributed by atoms with Crippen molar-refractivity contribution in [3.63, 3.8) is 0 Å². The zero-order valence-corrected chi connectivity index (χ0v) is 13.7. The molecule has 1 atom stereocenters. The van der Waals surface area contributed by atoms with E-state index in [4.69, 9.17) is 11.6 Å². The first-order chi connectivity index (χ1) is 8.69. The first-order valence-electron chi connectivity index (χ1n) is 5.75. The van der Waals surface area contributed by atoms with Crippen molar-refractivity contribution in [1.82, 2.24) is 0 Å². The number of halogens is 3. The first kappa shape index (κ1) is 14.1. The van der Waals surface area contributed by atoms with Gasteiger partial charge in [0.05, 0.1) is 0 Å². The highest BCUT2D eigenvalue weighted by atomic mass is 79.9. The van der Waals surface area contributed by atoms with Gasteiger partial charge in [-0.15, -0.1) is 0 Å². The Kier molecular flexibility index (Phi) is 5.28. The normalized spacial score (nSPS) is 12.4. The van der Waals surface area contributed by atoms with Crippen molar-refractivity contribution in [2.45, 2.75) is 12.3 Å². The molecule has 0 nitrogen and oxygen atoms in total. The molecule has 0 bridgehead atoms. The third kappa shape index (κ3) is 3.84. The van der Waals surface area contributed by atoms with Gasteiger partial charge in [0.15, 0.2) is 0 Å². The Morgan fingerprint density at radius 1 is 1.06 bits per heavy atom. The molecule has 94 valence electrons. The number of rotatable bonds is 4. The van der Waals surface area contributed by atoms with Crippen molar-refractivity contribution in [3.8, 4) is 0 Å². The van der Waals surface area contributed by atoms with E-state index >= 15 is 0 Å². The quantitative estimate of drug-likeness (QED) is 0.579.